The zero-order valence-electron chi connectivity index (χ0n) is 20.0. The van der Waals surface area contributed by atoms with Gasteiger partial charge in [0.2, 0.25) is 0 Å². The fraction of sp³-hybridized carbons (Fsp3) is 0.300. The first-order valence-electron chi connectivity index (χ1n) is 10.7. The second kappa shape index (κ2) is 14.2. The Morgan fingerprint density at radius 1 is 1.25 bits per heavy atom. The van der Waals surface area contributed by atoms with Crippen LogP contribution in [0.4, 0.5) is 11.6 Å². The number of nitrogens with zero attached hydrogens (tertiary/aromatic N) is 3. The van der Waals surface area contributed by atoms with E-state index in [1.54, 1.807) is 30.5 Å². The Morgan fingerprint density at radius 3 is 2.56 bits per heavy atom. The predicted molar refractivity (Wildman–Crippen MR) is 153 cm³/mol. The maximum Gasteiger partial charge on any atom is 0.198 e. The number of anilines is 2. The third kappa shape index (κ3) is 6.80. The van der Waals surface area contributed by atoms with Crippen molar-refractivity contribution in [2.45, 2.75) is 17.7 Å². The van der Waals surface area contributed by atoms with E-state index < -0.39 is 11.0 Å². The molecule has 0 amide bonds. The lowest BCUT2D eigenvalue weighted by molar-refractivity contribution is 0.397. The predicted octanol–water partition coefficient (Wildman–Crippen LogP) is 0.510. The highest BCUT2D eigenvalue weighted by Crippen LogP contribution is 2.39. The number of hydrazine groups is 1. The topological polar surface area (TPSA) is 211 Å². The zero-order chi connectivity index (χ0) is 25.4. The molecule has 0 saturated carbocycles. The highest BCUT2D eigenvalue weighted by molar-refractivity contribution is 7.96. The zero-order valence-corrected chi connectivity index (χ0v) is 22.6. The molecule has 1 saturated heterocycles. The summed E-state index contributed by atoms with van der Waals surface area (Å²) in [6, 6.07) is 9.08. The number of hydrogen-bond donors (Lipinski definition) is 8. The lowest BCUT2D eigenvalue weighted by Crippen LogP contribution is -2.27. The third-order valence-electron chi connectivity index (χ3n) is 5.22. The van der Waals surface area contributed by atoms with Gasteiger partial charge in [0.05, 0.1) is 27.2 Å². The number of nitrogens with one attached hydrogen (secondary N) is 4. The van der Waals surface area contributed by atoms with Gasteiger partial charge in [0.25, 0.3) is 0 Å². The Bertz CT molecular complexity index is 1190. The van der Waals surface area contributed by atoms with E-state index in [-0.39, 0.29) is 25.3 Å². The Hall–Kier alpha value is -2.57. The maximum atomic E-state index is 12.7. The maximum absolute atomic E-state index is 12.7. The van der Waals surface area contributed by atoms with Gasteiger partial charge in [-0.05, 0) is 50.7 Å². The number of aromatic nitrogens is 2. The quantitative estimate of drug-likeness (QED) is 0.0479. The summed E-state index contributed by atoms with van der Waals surface area (Å²) in [6.07, 6.45) is 2.78. The third-order valence-corrected chi connectivity index (χ3v) is 6.81. The minimum Gasteiger partial charge on any atom is -0.382 e. The van der Waals surface area contributed by atoms with Crippen molar-refractivity contribution in [3.8, 4) is 11.1 Å². The molecule has 1 aliphatic rings. The molecular formula is C20H33N11O2S3. The first kappa shape index (κ1) is 29.7. The van der Waals surface area contributed by atoms with Crippen LogP contribution >= 0.6 is 25.7 Å². The Labute approximate surface area is 223 Å². The average Bonchev–Trinajstić information content (AvgIpc) is 3.55. The fourth-order valence-corrected chi connectivity index (χ4v) is 5.03. The number of H-pyrrole nitrogens is 1. The molecule has 0 spiro atoms. The summed E-state index contributed by atoms with van der Waals surface area (Å²) >= 11 is 0.833. The summed E-state index contributed by atoms with van der Waals surface area (Å²) in [5, 5.41) is 7.16. The van der Waals surface area contributed by atoms with Crippen molar-refractivity contribution in [3.05, 3.63) is 35.9 Å². The SMILES string of the molecule is C1CCNC1.CNS(=O)c1ccc(-c2cccc3[nH]c(N)nc23)c(/C(N)=N/NN)c1N(C)SON.S. The molecule has 198 valence electrons. The number of para-hydroxylation sites is 1. The van der Waals surface area contributed by atoms with Gasteiger partial charge in [0, 0.05) is 12.6 Å². The Morgan fingerprint density at radius 2 is 1.97 bits per heavy atom. The Kier molecular flexibility index (Phi) is 11.7. The highest BCUT2D eigenvalue weighted by atomic mass is 32.2. The number of benzene rings is 2. The molecule has 0 radical (unpaired) electrons. The van der Waals surface area contributed by atoms with Gasteiger partial charge >= 0.3 is 0 Å². The van der Waals surface area contributed by atoms with Crippen molar-refractivity contribution in [1.82, 2.24) is 25.5 Å². The van der Waals surface area contributed by atoms with Crippen LogP contribution in [0.3, 0.4) is 0 Å². The number of nitrogens with two attached hydrogens (primary N) is 4. The van der Waals surface area contributed by atoms with E-state index in [0.29, 0.717) is 27.2 Å². The molecular weight excluding hydrogens is 522 g/mol. The van der Waals surface area contributed by atoms with Crippen LogP contribution in [0.15, 0.2) is 40.3 Å². The summed E-state index contributed by atoms with van der Waals surface area (Å²) < 4.78 is 21.7. The number of fused-ring (bicyclic) bond motifs is 1. The van der Waals surface area contributed by atoms with Gasteiger partial charge in [0.15, 0.2) is 11.8 Å². The molecule has 1 fully saturated rings. The molecule has 1 unspecified atom stereocenters. The van der Waals surface area contributed by atoms with Crippen LogP contribution in [-0.2, 0) is 15.3 Å². The van der Waals surface area contributed by atoms with Crippen LogP contribution in [0, 0.1) is 0 Å². The van der Waals surface area contributed by atoms with Crippen LogP contribution in [0.1, 0.15) is 18.4 Å². The van der Waals surface area contributed by atoms with Gasteiger partial charge in [0.1, 0.15) is 23.2 Å². The summed E-state index contributed by atoms with van der Waals surface area (Å²) in [7, 11) is 1.71. The van der Waals surface area contributed by atoms with Crippen LogP contribution in [0.2, 0.25) is 0 Å². The van der Waals surface area contributed by atoms with Gasteiger partial charge < -0.3 is 21.8 Å². The number of hydrogen-bond acceptors (Lipinski definition) is 11. The normalized spacial score (nSPS) is 14.1. The van der Waals surface area contributed by atoms with E-state index in [2.05, 4.69) is 30.6 Å². The minimum absolute atomic E-state index is 0. The van der Waals surface area contributed by atoms with E-state index >= 15 is 0 Å². The second-order valence-corrected chi connectivity index (χ2v) is 9.66. The van der Waals surface area contributed by atoms with E-state index in [4.69, 9.17) is 27.5 Å². The van der Waals surface area contributed by atoms with E-state index in [9.17, 15) is 4.21 Å². The largest absolute Gasteiger partial charge is 0.382 e. The van der Waals surface area contributed by atoms with Crippen LogP contribution < -0.4 is 43.1 Å². The van der Waals surface area contributed by atoms with Crippen LogP contribution in [0.25, 0.3) is 22.2 Å². The molecule has 13 nitrogen and oxygen atoms in total. The molecule has 1 aliphatic heterocycles. The van der Waals surface area contributed by atoms with Crippen molar-refractivity contribution < 1.29 is 8.49 Å². The van der Waals surface area contributed by atoms with Gasteiger partial charge in [-0.25, -0.2) is 35.5 Å². The molecule has 1 atom stereocenters. The molecule has 12 N–H and O–H groups in total. The monoisotopic (exact) mass is 555 g/mol. The van der Waals surface area contributed by atoms with Gasteiger partial charge in [-0.3, -0.25) is 4.31 Å². The molecule has 2 heterocycles. The number of aromatic amines is 1. The van der Waals surface area contributed by atoms with Crippen molar-refractivity contribution in [2.75, 3.05) is 37.2 Å². The highest BCUT2D eigenvalue weighted by Gasteiger charge is 2.25. The average molecular weight is 556 g/mol. The van der Waals surface area contributed by atoms with Crippen molar-refractivity contribution >= 4 is 65.2 Å². The molecule has 1 aromatic heterocycles. The van der Waals surface area contributed by atoms with Crippen molar-refractivity contribution in [1.29, 1.82) is 0 Å². The number of amidine groups is 1. The van der Waals surface area contributed by atoms with Crippen molar-refractivity contribution in [2.24, 2.45) is 22.6 Å². The summed E-state index contributed by atoms with van der Waals surface area (Å²) in [4.78, 5) is 7.83. The minimum atomic E-state index is -1.55. The molecule has 4 rings (SSSR count). The molecule has 16 heteroatoms. The Balaban J connectivity index is 0.000000678. The molecule has 0 bridgehead atoms. The number of nitrogen functional groups attached to an aromatic ring is 1. The number of hydrazone groups is 1. The fourth-order valence-electron chi connectivity index (χ4n) is 3.75. The molecule has 0 aliphatic carbocycles. The van der Waals surface area contributed by atoms with E-state index in [1.807, 2.05) is 18.2 Å². The summed E-state index contributed by atoms with van der Waals surface area (Å²) in [5.41, 5.74) is 18.0. The first-order chi connectivity index (χ1) is 16.9. The van der Waals surface area contributed by atoms with Crippen LogP contribution in [0.5, 0.6) is 0 Å². The second-order valence-electron chi connectivity index (χ2n) is 7.38. The van der Waals surface area contributed by atoms with Gasteiger partial charge in [-0.1, -0.05) is 18.2 Å². The van der Waals surface area contributed by atoms with Gasteiger partial charge in [-0.2, -0.15) is 13.5 Å². The van der Waals surface area contributed by atoms with E-state index in [1.165, 1.54) is 25.9 Å². The lowest BCUT2D eigenvalue weighted by Gasteiger charge is -2.24. The van der Waals surface area contributed by atoms with Crippen molar-refractivity contribution in [3.63, 3.8) is 0 Å². The lowest BCUT2D eigenvalue weighted by atomic mass is 9.96. The molecule has 2 aromatic carbocycles. The molecule has 36 heavy (non-hydrogen) atoms. The summed E-state index contributed by atoms with van der Waals surface area (Å²) in [5.74, 6) is 11.0. The smallest absolute Gasteiger partial charge is 0.198 e. The molecule has 3 aromatic rings. The number of imidazole rings is 1. The van der Waals surface area contributed by atoms with Gasteiger partial charge in [-0.15, -0.1) is 5.10 Å². The van der Waals surface area contributed by atoms with E-state index in [0.717, 1.165) is 23.3 Å². The first-order valence-corrected chi connectivity index (χ1v) is 12.6. The van der Waals surface area contributed by atoms with Crippen LogP contribution in [-0.4, -0.2) is 47.2 Å². The standard InChI is InChI=1S/C16H22N10O2S2.C4H9N.H2S/c1-21-30(27)11-7-6-8(9-4-3-5-10-13(9)23-16(18)22-10)12(15(17)24-25-19)14(11)26(2)29-28-20;1-2-4-5-3-1;/h3-7,21,25H,19-20H2,1-2H3,(H2,17,24)(H3,18,22,23);5H,1-4H2;1H2. The summed E-state index contributed by atoms with van der Waals surface area (Å²) in [6.45, 7) is 2.50. The number of rotatable bonds is 8.